The van der Waals surface area contributed by atoms with E-state index in [4.69, 9.17) is 9.84 Å². The molecule has 1 saturated carbocycles. The second-order valence-corrected chi connectivity index (χ2v) is 4.95. The number of ether oxygens (including phenoxy) is 1. The van der Waals surface area contributed by atoms with E-state index in [-0.39, 0.29) is 18.8 Å². The van der Waals surface area contributed by atoms with Crippen LogP contribution in [0.25, 0.3) is 0 Å². The first-order valence-corrected chi connectivity index (χ1v) is 6.41. The van der Waals surface area contributed by atoms with Crippen LogP contribution in [0.4, 0.5) is 0 Å². The Balaban J connectivity index is 1.79. The van der Waals surface area contributed by atoms with Crippen LogP contribution < -0.4 is 0 Å². The molecule has 1 heterocycles. The molecule has 1 saturated heterocycles. The molecular weight excluding hydrogens is 222 g/mol. The molecule has 2 N–H and O–H groups in total. The van der Waals surface area contributed by atoms with Crippen molar-refractivity contribution in [1.82, 2.24) is 4.90 Å². The Hall–Kier alpha value is -0.650. The highest BCUT2D eigenvalue weighted by Gasteiger charge is 2.41. The van der Waals surface area contributed by atoms with Gasteiger partial charge < -0.3 is 14.9 Å². The maximum absolute atomic E-state index is 11.2. The molecule has 5 nitrogen and oxygen atoms in total. The van der Waals surface area contributed by atoms with Gasteiger partial charge in [0, 0.05) is 13.1 Å². The van der Waals surface area contributed by atoms with E-state index in [0.717, 1.165) is 38.8 Å². The minimum atomic E-state index is -0.678. The molecule has 0 bridgehead atoms. The SMILES string of the molecule is O=C(O)C(C1CC1)N1CCC(OCCO)CC1. The molecule has 2 rings (SSSR count). The van der Waals surface area contributed by atoms with Crippen molar-refractivity contribution in [3.8, 4) is 0 Å². The lowest BCUT2D eigenvalue weighted by Crippen LogP contribution is -2.48. The fourth-order valence-corrected chi connectivity index (χ4v) is 2.61. The van der Waals surface area contributed by atoms with Crippen molar-refractivity contribution in [3.05, 3.63) is 0 Å². The first kappa shape index (κ1) is 12.8. The Morgan fingerprint density at radius 1 is 1.29 bits per heavy atom. The van der Waals surface area contributed by atoms with Crippen molar-refractivity contribution in [2.45, 2.75) is 37.8 Å². The van der Waals surface area contributed by atoms with Crippen molar-refractivity contribution >= 4 is 5.97 Å². The number of hydrogen-bond donors (Lipinski definition) is 2. The van der Waals surface area contributed by atoms with Crippen LogP contribution in [-0.4, -0.2) is 59.5 Å². The topological polar surface area (TPSA) is 70.0 Å². The van der Waals surface area contributed by atoms with Crippen LogP contribution in [0, 0.1) is 5.92 Å². The minimum Gasteiger partial charge on any atom is -0.480 e. The second kappa shape index (κ2) is 5.80. The van der Waals surface area contributed by atoms with Gasteiger partial charge in [-0.3, -0.25) is 9.69 Å². The molecule has 5 heteroatoms. The van der Waals surface area contributed by atoms with Gasteiger partial charge in [-0.05, 0) is 31.6 Å². The van der Waals surface area contributed by atoms with E-state index in [1.54, 1.807) is 0 Å². The van der Waals surface area contributed by atoms with E-state index in [0.29, 0.717) is 12.5 Å². The summed E-state index contributed by atoms with van der Waals surface area (Å²) in [6.45, 7) is 2.03. The van der Waals surface area contributed by atoms with E-state index >= 15 is 0 Å². The summed E-state index contributed by atoms with van der Waals surface area (Å²) in [6, 6.07) is -0.284. The Labute approximate surface area is 101 Å². The van der Waals surface area contributed by atoms with Crippen molar-refractivity contribution in [2.24, 2.45) is 5.92 Å². The summed E-state index contributed by atoms with van der Waals surface area (Å²) in [6.07, 6.45) is 4.04. The summed E-state index contributed by atoms with van der Waals surface area (Å²) in [7, 11) is 0. The molecule has 0 aromatic carbocycles. The van der Waals surface area contributed by atoms with E-state index in [1.807, 2.05) is 0 Å². The number of rotatable bonds is 6. The summed E-state index contributed by atoms with van der Waals surface area (Å²) in [5.41, 5.74) is 0. The zero-order valence-electron chi connectivity index (χ0n) is 10.0. The lowest BCUT2D eigenvalue weighted by Gasteiger charge is -2.35. The van der Waals surface area contributed by atoms with E-state index in [9.17, 15) is 9.90 Å². The standard InChI is InChI=1S/C12H21NO4/c14-7-8-17-10-3-5-13(6-4-10)11(12(15)16)9-1-2-9/h9-11,14H,1-8H2,(H,15,16). The fourth-order valence-electron chi connectivity index (χ4n) is 2.61. The molecule has 0 amide bonds. The van der Waals surface area contributed by atoms with Gasteiger partial charge >= 0.3 is 5.97 Å². The summed E-state index contributed by atoms with van der Waals surface area (Å²) in [4.78, 5) is 13.3. The van der Waals surface area contributed by atoms with Crippen LogP contribution in [-0.2, 0) is 9.53 Å². The fraction of sp³-hybridized carbons (Fsp3) is 0.917. The Morgan fingerprint density at radius 3 is 2.41 bits per heavy atom. The van der Waals surface area contributed by atoms with Crippen molar-refractivity contribution < 1.29 is 19.7 Å². The van der Waals surface area contributed by atoms with Crippen LogP contribution in [0.5, 0.6) is 0 Å². The highest BCUT2D eigenvalue weighted by atomic mass is 16.5. The number of carboxylic acid groups (broad SMARTS) is 1. The minimum absolute atomic E-state index is 0.0556. The monoisotopic (exact) mass is 243 g/mol. The predicted octanol–water partition coefficient (Wildman–Crippen LogP) is 0.323. The number of carboxylic acids is 1. The van der Waals surface area contributed by atoms with E-state index < -0.39 is 5.97 Å². The molecule has 0 aromatic rings. The molecule has 0 radical (unpaired) electrons. The molecule has 17 heavy (non-hydrogen) atoms. The third-order valence-corrected chi connectivity index (χ3v) is 3.64. The summed E-state index contributed by atoms with van der Waals surface area (Å²) < 4.78 is 5.47. The number of likely N-dealkylation sites (tertiary alicyclic amines) is 1. The quantitative estimate of drug-likeness (QED) is 0.703. The number of piperidine rings is 1. The van der Waals surface area contributed by atoms with Crippen molar-refractivity contribution in [3.63, 3.8) is 0 Å². The maximum atomic E-state index is 11.2. The van der Waals surface area contributed by atoms with Gasteiger partial charge in [0.15, 0.2) is 0 Å². The molecule has 1 atom stereocenters. The first-order valence-electron chi connectivity index (χ1n) is 6.41. The molecule has 1 aliphatic carbocycles. The zero-order chi connectivity index (χ0) is 12.3. The molecule has 1 unspecified atom stereocenters. The normalized spacial score (nSPS) is 24.8. The summed E-state index contributed by atoms with van der Waals surface area (Å²) in [5, 5.41) is 17.9. The van der Waals surface area contributed by atoms with Gasteiger partial charge in [0.2, 0.25) is 0 Å². The smallest absolute Gasteiger partial charge is 0.321 e. The predicted molar refractivity (Wildman–Crippen MR) is 61.8 cm³/mol. The zero-order valence-corrected chi connectivity index (χ0v) is 10.0. The molecule has 2 fully saturated rings. The molecule has 98 valence electrons. The van der Waals surface area contributed by atoms with Crippen LogP contribution >= 0.6 is 0 Å². The molecule has 0 spiro atoms. The highest BCUT2D eigenvalue weighted by molar-refractivity contribution is 5.74. The average Bonchev–Trinajstić information content (AvgIpc) is 3.12. The Kier molecular flexibility index (Phi) is 4.36. The van der Waals surface area contributed by atoms with E-state index in [2.05, 4.69) is 4.90 Å². The Bertz CT molecular complexity index is 259. The van der Waals surface area contributed by atoms with Crippen molar-refractivity contribution in [2.75, 3.05) is 26.3 Å². The summed E-state index contributed by atoms with van der Waals surface area (Å²) in [5.74, 6) is -0.315. The lowest BCUT2D eigenvalue weighted by atomic mass is 10.0. The van der Waals surface area contributed by atoms with Gasteiger partial charge in [-0.25, -0.2) is 0 Å². The highest BCUT2D eigenvalue weighted by Crippen LogP contribution is 2.36. The maximum Gasteiger partial charge on any atom is 0.321 e. The third-order valence-electron chi connectivity index (χ3n) is 3.64. The lowest BCUT2D eigenvalue weighted by molar-refractivity contribution is -0.145. The third kappa shape index (κ3) is 3.40. The Morgan fingerprint density at radius 2 is 1.94 bits per heavy atom. The van der Waals surface area contributed by atoms with Gasteiger partial charge in [0.25, 0.3) is 0 Å². The number of carbonyl (C=O) groups is 1. The number of nitrogens with zero attached hydrogens (tertiary/aromatic N) is 1. The van der Waals surface area contributed by atoms with Crippen molar-refractivity contribution in [1.29, 1.82) is 0 Å². The second-order valence-electron chi connectivity index (χ2n) is 4.95. The van der Waals surface area contributed by atoms with Gasteiger partial charge in [-0.15, -0.1) is 0 Å². The van der Waals surface area contributed by atoms with Crippen LogP contribution in [0.2, 0.25) is 0 Å². The molecule has 2 aliphatic rings. The average molecular weight is 243 g/mol. The number of hydrogen-bond acceptors (Lipinski definition) is 4. The van der Waals surface area contributed by atoms with Crippen LogP contribution in [0.15, 0.2) is 0 Å². The van der Waals surface area contributed by atoms with Gasteiger partial charge in [0.1, 0.15) is 6.04 Å². The molecular formula is C12H21NO4. The number of aliphatic hydroxyl groups excluding tert-OH is 1. The summed E-state index contributed by atoms with van der Waals surface area (Å²) >= 11 is 0. The van der Waals surface area contributed by atoms with E-state index in [1.165, 1.54) is 0 Å². The number of aliphatic carboxylic acids is 1. The van der Waals surface area contributed by atoms with Gasteiger partial charge in [-0.2, -0.15) is 0 Å². The van der Waals surface area contributed by atoms with Crippen LogP contribution in [0.3, 0.4) is 0 Å². The van der Waals surface area contributed by atoms with Crippen LogP contribution in [0.1, 0.15) is 25.7 Å². The number of aliphatic hydroxyl groups is 1. The van der Waals surface area contributed by atoms with Gasteiger partial charge in [-0.1, -0.05) is 0 Å². The first-order chi connectivity index (χ1) is 8.22. The molecule has 1 aliphatic heterocycles. The molecule has 0 aromatic heterocycles. The van der Waals surface area contributed by atoms with Gasteiger partial charge in [0.05, 0.1) is 19.3 Å². The largest absolute Gasteiger partial charge is 0.480 e.